The number of nitriles is 1. The minimum atomic E-state index is -1.08. The highest BCUT2D eigenvalue weighted by Crippen LogP contribution is 2.25. The molecule has 0 aliphatic heterocycles. The summed E-state index contributed by atoms with van der Waals surface area (Å²) in [6, 6.07) is 8.36. The molecule has 1 N–H and O–H groups in total. The minimum absolute atomic E-state index is 0.320. The molecule has 0 aliphatic carbocycles. The monoisotopic (exact) mass is 410 g/mol. The highest BCUT2D eigenvalue weighted by molar-refractivity contribution is 7.18. The Hall–Kier alpha value is -3.51. The molecule has 1 atom stereocenters. The number of anilines is 1. The molecule has 2 heterocycles. The van der Waals surface area contributed by atoms with Crippen LogP contribution in [0.1, 0.15) is 22.9 Å². The van der Waals surface area contributed by atoms with Crippen molar-refractivity contribution >= 4 is 39.1 Å². The molecule has 0 aliphatic rings. The number of carbonyl (C=O) groups excluding carboxylic acids is 2. The van der Waals surface area contributed by atoms with Gasteiger partial charge in [0.05, 0.1) is 23.3 Å². The Morgan fingerprint density at radius 1 is 1.38 bits per heavy atom. The van der Waals surface area contributed by atoms with Crippen LogP contribution < -0.4 is 10.9 Å². The maximum absolute atomic E-state index is 12.6. The van der Waals surface area contributed by atoms with Crippen LogP contribution in [0.2, 0.25) is 0 Å². The van der Waals surface area contributed by atoms with Gasteiger partial charge in [0.25, 0.3) is 11.5 Å². The normalized spacial score (nSPS) is 11.7. The first-order chi connectivity index (χ1) is 13.8. The number of thiophene rings is 1. The van der Waals surface area contributed by atoms with E-state index in [0.29, 0.717) is 21.5 Å². The average molecular weight is 410 g/mol. The lowest BCUT2D eigenvalue weighted by Gasteiger charge is -2.14. The average Bonchev–Trinajstić information content (AvgIpc) is 2.98. The van der Waals surface area contributed by atoms with Crippen LogP contribution in [-0.4, -0.2) is 27.5 Å². The number of hydrogen-bond donors (Lipinski definition) is 1. The first-order valence-electron chi connectivity index (χ1n) is 8.75. The lowest BCUT2D eigenvalue weighted by Crippen LogP contribution is -2.33. The van der Waals surface area contributed by atoms with Crippen molar-refractivity contribution in [3.8, 4) is 6.07 Å². The Bertz CT molecular complexity index is 1210. The number of ether oxygens (including phenoxy) is 1. The molecular weight excluding hydrogens is 392 g/mol. The van der Waals surface area contributed by atoms with E-state index in [2.05, 4.69) is 10.3 Å². The van der Waals surface area contributed by atoms with Gasteiger partial charge in [-0.3, -0.25) is 19.0 Å². The molecule has 3 rings (SSSR count). The lowest BCUT2D eigenvalue weighted by molar-refractivity contribution is -0.153. The van der Waals surface area contributed by atoms with Crippen molar-refractivity contribution in [2.75, 3.05) is 5.32 Å². The van der Waals surface area contributed by atoms with E-state index in [1.165, 1.54) is 35.2 Å². The largest absolute Gasteiger partial charge is 0.451 e. The summed E-state index contributed by atoms with van der Waals surface area (Å²) in [5.41, 5.74) is 1.34. The summed E-state index contributed by atoms with van der Waals surface area (Å²) in [4.78, 5) is 43.0. The molecule has 3 aromatic rings. The molecule has 8 nitrogen and oxygen atoms in total. The molecule has 0 bridgehead atoms. The summed E-state index contributed by atoms with van der Waals surface area (Å²) < 4.78 is 6.32. The zero-order chi connectivity index (χ0) is 21.1. The van der Waals surface area contributed by atoms with E-state index in [-0.39, 0.29) is 12.1 Å². The van der Waals surface area contributed by atoms with Gasteiger partial charge in [-0.05, 0) is 44.5 Å². The van der Waals surface area contributed by atoms with E-state index in [0.717, 1.165) is 10.4 Å². The second-order valence-electron chi connectivity index (χ2n) is 6.45. The van der Waals surface area contributed by atoms with E-state index < -0.39 is 18.0 Å². The van der Waals surface area contributed by atoms with Crippen LogP contribution >= 0.6 is 11.3 Å². The second-order valence-corrected chi connectivity index (χ2v) is 7.66. The molecule has 0 saturated carbocycles. The molecule has 9 heteroatoms. The van der Waals surface area contributed by atoms with E-state index in [1.807, 2.05) is 19.9 Å². The minimum Gasteiger partial charge on any atom is -0.451 e. The number of carbonyl (C=O) groups is 2. The molecule has 148 valence electrons. The van der Waals surface area contributed by atoms with E-state index in [1.54, 1.807) is 18.2 Å². The zero-order valence-electron chi connectivity index (χ0n) is 16.1. The van der Waals surface area contributed by atoms with Crippen LogP contribution in [-0.2, 0) is 20.9 Å². The Balaban J connectivity index is 1.67. The zero-order valence-corrected chi connectivity index (χ0v) is 16.9. The summed E-state index contributed by atoms with van der Waals surface area (Å²) in [6.07, 6.45) is 0.227. The van der Waals surface area contributed by atoms with Crippen LogP contribution in [0.3, 0.4) is 0 Å². The van der Waals surface area contributed by atoms with Gasteiger partial charge >= 0.3 is 5.97 Å². The van der Waals surface area contributed by atoms with Gasteiger partial charge in [0.1, 0.15) is 11.4 Å². The quantitative estimate of drug-likeness (QED) is 0.647. The van der Waals surface area contributed by atoms with Gasteiger partial charge in [-0.1, -0.05) is 6.07 Å². The van der Waals surface area contributed by atoms with Crippen LogP contribution in [0.4, 0.5) is 5.69 Å². The van der Waals surface area contributed by atoms with E-state index in [9.17, 15) is 14.4 Å². The number of esters is 1. The van der Waals surface area contributed by atoms with Crippen molar-refractivity contribution in [1.82, 2.24) is 9.55 Å². The first-order valence-corrected chi connectivity index (χ1v) is 9.57. The van der Waals surface area contributed by atoms with Gasteiger partial charge < -0.3 is 10.1 Å². The van der Waals surface area contributed by atoms with Crippen LogP contribution in [0, 0.1) is 25.2 Å². The number of fused-ring (bicyclic) bond motifs is 1. The molecule has 0 fully saturated rings. The molecule has 0 saturated heterocycles. The van der Waals surface area contributed by atoms with Gasteiger partial charge in [-0.2, -0.15) is 5.26 Å². The molecular formula is C20H18N4O4S. The third-order valence-corrected chi connectivity index (χ3v) is 5.51. The summed E-state index contributed by atoms with van der Waals surface area (Å²) in [7, 11) is 0. The number of aromatic nitrogens is 2. The highest BCUT2D eigenvalue weighted by atomic mass is 32.1. The summed E-state index contributed by atoms with van der Waals surface area (Å²) in [5.74, 6) is -1.27. The van der Waals surface area contributed by atoms with Crippen LogP contribution in [0.25, 0.3) is 10.2 Å². The fourth-order valence-electron chi connectivity index (χ4n) is 2.72. The third kappa shape index (κ3) is 4.33. The summed E-state index contributed by atoms with van der Waals surface area (Å²) in [6.45, 7) is 4.83. The van der Waals surface area contributed by atoms with E-state index >= 15 is 0 Å². The van der Waals surface area contributed by atoms with Crippen LogP contribution in [0.15, 0.2) is 35.4 Å². The molecule has 0 spiro atoms. The molecule has 1 amide bonds. The Morgan fingerprint density at radius 3 is 2.86 bits per heavy atom. The van der Waals surface area contributed by atoms with Crippen molar-refractivity contribution in [2.45, 2.75) is 33.4 Å². The topological polar surface area (TPSA) is 114 Å². The SMILES string of the molecule is Cc1sc2ncn(CC(=O)O[C@@H](C)C(=O)Nc3cccc(C#N)c3)c(=O)c2c1C. The first kappa shape index (κ1) is 20.2. The van der Waals surface area contributed by atoms with Gasteiger partial charge in [-0.15, -0.1) is 11.3 Å². The Kier molecular flexibility index (Phi) is 5.75. The highest BCUT2D eigenvalue weighted by Gasteiger charge is 2.20. The maximum Gasteiger partial charge on any atom is 0.326 e. The summed E-state index contributed by atoms with van der Waals surface area (Å²) >= 11 is 1.42. The molecule has 29 heavy (non-hydrogen) atoms. The van der Waals surface area contributed by atoms with Crippen LogP contribution in [0.5, 0.6) is 0 Å². The lowest BCUT2D eigenvalue weighted by atomic mass is 10.2. The Labute approximate surface area is 170 Å². The van der Waals surface area contributed by atoms with E-state index in [4.69, 9.17) is 10.00 Å². The second kappa shape index (κ2) is 8.24. The van der Waals surface area contributed by atoms with Crippen molar-refractivity contribution in [3.05, 3.63) is 57.0 Å². The molecule has 0 radical (unpaired) electrons. The predicted octanol–water partition coefficient (Wildman–Crippen LogP) is 2.52. The number of nitrogens with one attached hydrogen (secondary N) is 1. The summed E-state index contributed by atoms with van der Waals surface area (Å²) in [5, 5.41) is 12.0. The number of aryl methyl sites for hydroxylation is 2. The molecule has 1 aromatic carbocycles. The Morgan fingerprint density at radius 2 is 2.14 bits per heavy atom. The van der Waals surface area contributed by atoms with Crippen molar-refractivity contribution in [2.24, 2.45) is 0 Å². The van der Waals surface area contributed by atoms with Gasteiger partial charge in [0.15, 0.2) is 6.10 Å². The van der Waals surface area contributed by atoms with Crippen molar-refractivity contribution < 1.29 is 14.3 Å². The number of hydrogen-bond acceptors (Lipinski definition) is 7. The molecule has 0 unspecified atom stereocenters. The third-order valence-electron chi connectivity index (χ3n) is 4.39. The smallest absolute Gasteiger partial charge is 0.326 e. The van der Waals surface area contributed by atoms with Gasteiger partial charge in [0, 0.05) is 10.6 Å². The number of amides is 1. The van der Waals surface area contributed by atoms with Crippen molar-refractivity contribution in [1.29, 1.82) is 5.26 Å². The van der Waals surface area contributed by atoms with Gasteiger partial charge in [0.2, 0.25) is 0 Å². The number of nitrogens with zero attached hydrogens (tertiary/aromatic N) is 3. The fourth-order valence-corrected chi connectivity index (χ4v) is 3.71. The fraction of sp³-hybridized carbons (Fsp3) is 0.250. The number of benzene rings is 1. The standard InChI is InChI=1S/C20H18N4O4S/c1-11-13(3)29-19-17(11)20(27)24(10-22-19)9-16(25)28-12(2)18(26)23-15-6-4-5-14(7-15)8-21/h4-7,10,12H,9H2,1-3H3,(H,23,26)/t12-/m0/s1. The molecule has 2 aromatic heterocycles. The number of rotatable bonds is 5. The van der Waals surface area contributed by atoms with Gasteiger partial charge in [-0.25, -0.2) is 4.98 Å². The predicted molar refractivity (Wildman–Crippen MR) is 109 cm³/mol. The maximum atomic E-state index is 12.6. The van der Waals surface area contributed by atoms with Crippen molar-refractivity contribution in [3.63, 3.8) is 0 Å².